The van der Waals surface area contributed by atoms with Crippen molar-refractivity contribution in [1.82, 2.24) is 0 Å². The molecule has 0 aromatic heterocycles. The van der Waals surface area contributed by atoms with Crippen LogP contribution < -0.4 is 9.47 Å². The van der Waals surface area contributed by atoms with Crippen molar-refractivity contribution < 1.29 is 19.1 Å². The van der Waals surface area contributed by atoms with Crippen LogP contribution in [0.3, 0.4) is 0 Å². The number of carbonyl (C=O) groups excluding carboxylic acids is 2. The Kier molecular flexibility index (Phi) is 6.38. The Morgan fingerprint density at radius 3 is 1.67 bits per heavy atom. The first kappa shape index (κ1) is 18.0. The standard InChI is InChI=1S/C19H19ClO4/c1-19(13-8-14-20,17(21)23-15-9-4-2-5-10-15)18(22)24-16-11-6-3-7-12-16/h2-7,9-12H,8,13-14H2,1H3. The molecule has 4 nitrogen and oxygen atoms in total. The summed E-state index contributed by atoms with van der Waals surface area (Å²) >= 11 is 5.73. The molecule has 0 spiro atoms. The van der Waals surface area contributed by atoms with Gasteiger partial charge < -0.3 is 9.47 Å². The third-order valence-corrected chi connectivity index (χ3v) is 3.89. The Morgan fingerprint density at radius 2 is 1.29 bits per heavy atom. The van der Waals surface area contributed by atoms with Gasteiger partial charge in [-0.1, -0.05) is 36.4 Å². The summed E-state index contributed by atoms with van der Waals surface area (Å²) in [6.45, 7) is 1.52. The highest BCUT2D eigenvalue weighted by Crippen LogP contribution is 2.29. The zero-order valence-electron chi connectivity index (χ0n) is 13.4. The summed E-state index contributed by atoms with van der Waals surface area (Å²) in [5.74, 6) is -0.203. The first-order valence-electron chi connectivity index (χ1n) is 7.67. The molecule has 0 saturated carbocycles. The first-order valence-corrected chi connectivity index (χ1v) is 8.20. The topological polar surface area (TPSA) is 52.6 Å². The molecule has 0 aliphatic heterocycles. The van der Waals surface area contributed by atoms with Crippen LogP contribution in [0.4, 0.5) is 0 Å². The molecule has 0 atom stereocenters. The molecule has 2 aromatic carbocycles. The lowest BCUT2D eigenvalue weighted by Crippen LogP contribution is -2.42. The summed E-state index contributed by atoms with van der Waals surface area (Å²) in [7, 11) is 0. The summed E-state index contributed by atoms with van der Waals surface area (Å²) in [4.78, 5) is 25.2. The molecule has 0 unspecified atom stereocenters. The van der Waals surface area contributed by atoms with E-state index in [0.29, 0.717) is 23.8 Å². The van der Waals surface area contributed by atoms with Gasteiger partial charge in [0.25, 0.3) is 0 Å². The Balaban J connectivity index is 2.17. The van der Waals surface area contributed by atoms with Crippen LogP contribution >= 0.6 is 11.6 Å². The highest BCUT2D eigenvalue weighted by Gasteiger charge is 2.44. The number of esters is 2. The van der Waals surface area contributed by atoms with Crippen LogP contribution in [0, 0.1) is 5.41 Å². The second kappa shape index (κ2) is 8.50. The zero-order valence-corrected chi connectivity index (χ0v) is 14.2. The number of hydrogen-bond donors (Lipinski definition) is 0. The molecule has 2 rings (SSSR count). The number of halogens is 1. The van der Waals surface area contributed by atoms with Gasteiger partial charge in [-0.3, -0.25) is 9.59 Å². The van der Waals surface area contributed by atoms with Crippen LogP contribution in [-0.4, -0.2) is 17.8 Å². The van der Waals surface area contributed by atoms with Crippen molar-refractivity contribution in [3.8, 4) is 11.5 Å². The SMILES string of the molecule is CC(CCCCl)(C(=O)Oc1ccccc1)C(=O)Oc1ccccc1. The monoisotopic (exact) mass is 346 g/mol. The number of ether oxygens (including phenoxy) is 2. The molecule has 0 saturated heterocycles. The molecule has 0 heterocycles. The van der Waals surface area contributed by atoms with E-state index in [2.05, 4.69) is 0 Å². The Labute approximate surface area is 146 Å². The molecule has 0 fully saturated rings. The van der Waals surface area contributed by atoms with E-state index in [0.717, 1.165) is 0 Å². The minimum Gasteiger partial charge on any atom is -0.426 e. The smallest absolute Gasteiger partial charge is 0.328 e. The highest BCUT2D eigenvalue weighted by atomic mass is 35.5. The van der Waals surface area contributed by atoms with E-state index in [1.54, 1.807) is 48.5 Å². The van der Waals surface area contributed by atoms with Gasteiger partial charge in [-0.2, -0.15) is 0 Å². The maximum atomic E-state index is 12.6. The van der Waals surface area contributed by atoms with E-state index in [1.807, 2.05) is 12.1 Å². The number of rotatable bonds is 7. The highest BCUT2D eigenvalue weighted by molar-refractivity contribution is 6.17. The van der Waals surface area contributed by atoms with Crippen LogP contribution in [0.1, 0.15) is 19.8 Å². The normalized spacial score (nSPS) is 10.9. The minimum atomic E-state index is -1.43. The van der Waals surface area contributed by atoms with Crippen LogP contribution in [0.5, 0.6) is 11.5 Å². The maximum absolute atomic E-state index is 12.6. The van der Waals surface area contributed by atoms with Crippen LogP contribution in [0.2, 0.25) is 0 Å². The largest absolute Gasteiger partial charge is 0.426 e. The van der Waals surface area contributed by atoms with Gasteiger partial charge in [0.05, 0.1) is 0 Å². The molecular weight excluding hydrogens is 328 g/mol. The predicted molar refractivity (Wildman–Crippen MR) is 92.2 cm³/mol. The molecular formula is C19H19ClO4. The van der Waals surface area contributed by atoms with Crippen molar-refractivity contribution in [3.63, 3.8) is 0 Å². The van der Waals surface area contributed by atoms with Crippen molar-refractivity contribution in [2.75, 3.05) is 5.88 Å². The lowest BCUT2D eigenvalue weighted by molar-refractivity contribution is -0.160. The Hall–Kier alpha value is -2.33. The fourth-order valence-electron chi connectivity index (χ4n) is 2.12. The number of para-hydroxylation sites is 2. The van der Waals surface area contributed by atoms with E-state index >= 15 is 0 Å². The van der Waals surface area contributed by atoms with Gasteiger partial charge >= 0.3 is 11.9 Å². The van der Waals surface area contributed by atoms with E-state index in [4.69, 9.17) is 21.1 Å². The molecule has 0 aliphatic carbocycles. The molecule has 0 amide bonds. The van der Waals surface area contributed by atoms with Crippen LogP contribution in [0.25, 0.3) is 0 Å². The van der Waals surface area contributed by atoms with Crippen molar-refractivity contribution in [3.05, 3.63) is 60.7 Å². The first-order chi connectivity index (χ1) is 11.6. The molecule has 0 aliphatic rings. The van der Waals surface area contributed by atoms with Gasteiger partial charge in [-0.25, -0.2) is 0 Å². The van der Waals surface area contributed by atoms with E-state index in [1.165, 1.54) is 6.92 Å². The van der Waals surface area contributed by atoms with Crippen molar-refractivity contribution >= 4 is 23.5 Å². The molecule has 0 N–H and O–H groups in total. The van der Waals surface area contributed by atoms with Crippen LogP contribution in [0.15, 0.2) is 60.7 Å². The number of benzene rings is 2. The van der Waals surface area contributed by atoms with Crippen LogP contribution in [-0.2, 0) is 9.59 Å². The van der Waals surface area contributed by atoms with Crippen molar-refractivity contribution in [2.24, 2.45) is 5.41 Å². The molecule has 0 bridgehead atoms. The van der Waals surface area contributed by atoms with Gasteiger partial charge in [0.15, 0.2) is 5.41 Å². The quantitative estimate of drug-likeness (QED) is 0.326. The van der Waals surface area contributed by atoms with Gasteiger partial charge in [0, 0.05) is 5.88 Å². The average Bonchev–Trinajstić information content (AvgIpc) is 2.61. The second-order valence-electron chi connectivity index (χ2n) is 5.53. The minimum absolute atomic E-state index is 0.244. The molecule has 126 valence electrons. The average molecular weight is 347 g/mol. The van der Waals surface area contributed by atoms with Gasteiger partial charge in [0.2, 0.25) is 0 Å². The van der Waals surface area contributed by atoms with Crippen molar-refractivity contribution in [1.29, 1.82) is 0 Å². The molecule has 24 heavy (non-hydrogen) atoms. The second-order valence-corrected chi connectivity index (χ2v) is 5.91. The summed E-state index contributed by atoms with van der Waals surface area (Å²) in [6, 6.07) is 17.3. The molecule has 5 heteroatoms. The third kappa shape index (κ3) is 4.59. The molecule has 0 radical (unpaired) electrons. The summed E-state index contributed by atoms with van der Waals surface area (Å²) < 4.78 is 10.7. The summed E-state index contributed by atoms with van der Waals surface area (Å²) in [5, 5.41) is 0. The summed E-state index contributed by atoms with van der Waals surface area (Å²) in [5.41, 5.74) is -1.43. The third-order valence-electron chi connectivity index (χ3n) is 3.62. The number of carbonyl (C=O) groups is 2. The van der Waals surface area contributed by atoms with Gasteiger partial charge in [-0.05, 0) is 44.0 Å². The number of alkyl halides is 1. The lowest BCUT2D eigenvalue weighted by atomic mass is 9.85. The fraction of sp³-hybridized carbons (Fsp3) is 0.263. The van der Waals surface area contributed by atoms with Gasteiger partial charge in [0.1, 0.15) is 11.5 Å². The van der Waals surface area contributed by atoms with E-state index in [9.17, 15) is 9.59 Å². The predicted octanol–water partition coefficient (Wildman–Crippen LogP) is 4.22. The zero-order chi connectivity index (χ0) is 17.4. The Bertz CT molecular complexity index is 617. The van der Waals surface area contributed by atoms with Gasteiger partial charge in [-0.15, -0.1) is 11.6 Å². The van der Waals surface area contributed by atoms with E-state index in [-0.39, 0.29) is 6.42 Å². The maximum Gasteiger partial charge on any atom is 0.328 e. The number of hydrogen-bond acceptors (Lipinski definition) is 4. The molecule has 2 aromatic rings. The Morgan fingerprint density at radius 1 is 0.875 bits per heavy atom. The van der Waals surface area contributed by atoms with Crippen molar-refractivity contribution in [2.45, 2.75) is 19.8 Å². The van der Waals surface area contributed by atoms with E-state index < -0.39 is 17.4 Å². The fourth-order valence-corrected chi connectivity index (χ4v) is 2.26. The summed E-state index contributed by atoms with van der Waals surface area (Å²) in [6.07, 6.45) is 0.736. The lowest BCUT2D eigenvalue weighted by Gasteiger charge is -2.24.